The van der Waals surface area contributed by atoms with E-state index in [1.54, 1.807) is 12.1 Å². The number of hydrogen-bond acceptors (Lipinski definition) is 4. The summed E-state index contributed by atoms with van der Waals surface area (Å²) in [4.78, 5) is 9.16. The van der Waals surface area contributed by atoms with Crippen LogP contribution in [0.5, 0.6) is 0 Å². The highest BCUT2D eigenvalue weighted by atomic mass is 19.1. The number of hydrogen-bond donors (Lipinski definition) is 1. The molecular weight excluding hydrogens is 295 g/mol. The second kappa shape index (κ2) is 6.85. The first-order valence-corrected chi connectivity index (χ1v) is 7.55. The SMILES string of the molecule is Cc1cnc2c(c1)nc(-c1ccc(F)cc1)n2CCOCCN. The molecule has 6 heteroatoms. The first-order valence-electron chi connectivity index (χ1n) is 7.55. The fourth-order valence-electron chi connectivity index (χ4n) is 2.48. The van der Waals surface area contributed by atoms with Crippen LogP contribution in [0.2, 0.25) is 0 Å². The molecular formula is C17H19FN4O. The van der Waals surface area contributed by atoms with Crippen molar-refractivity contribution >= 4 is 11.2 Å². The van der Waals surface area contributed by atoms with Crippen molar-refractivity contribution in [2.24, 2.45) is 5.73 Å². The molecule has 3 aromatic rings. The maximum Gasteiger partial charge on any atom is 0.160 e. The molecule has 0 aliphatic rings. The second-order valence-corrected chi connectivity index (χ2v) is 5.35. The van der Waals surface area contributed by atoms with Gasteiger partial charge in [-0.1, -0.05) is 0 Å². The molecule has 0 aliphatic heterocycles. The average molecular weight is 314 g/mol. The number of nitrogens with zero attached hydrogens (tertiary/aromatic N) is 3. The van der Waals surface area contributed by atoms with Crippen LogP contribution in [-0.4, -0.2) is 34.3 Å². The van der Waals surface area contributed by atoms with Crippen LogP contribution < -0.4 is 5.73 Å². The lowest BCUT2D eigenvalue weighted by Gasteiger charge is -2.09. The van der Waals surface area contributed by atoms with Crippen LogP contribution in [0.25, 0.3) is 22.6 Å². The Morgan fingerprint density at radius 3 is 2.74 bits per heavy atom. The third-order valence-electron chi connectivity index (χ3n) is 3.55. The lowest BCUT2D eigenvalue weighted by atomic mass is 10.2. The minimum absolute atomic E-state index is 0.267. The fraction of sp³-hybridized carbons (Fsp3) is 0.294. The van der Waals surface area contributed by atoms with Crippen LogP contribution in [0.1, 0.15) is 5.56 Å². The van der Waals surface area contributed by atoms with E-state index in [0.29, 0.717) is 26.3 Å². The van der Waals surface area contributed by atoms with Crippen molar-refractivity contribution in [3.8, 4) is 11.4 Å². The Labute approximate surface area is 133 Å². The summed E-state index contributed by atoms with van der Waals surface area (Å²) in [5.41, 5.74) is 8.95. The van der Waals surface area contributed by atoms with E-state index in [4.69, 9.17) is 10.5 Å². The minimum Gasteiger partial charge on any atom is -0.378 e. The largest absolute Gasteiger partial charge is 0.378 e. The molecule has 0 saturated carbocycles. The number of aromatic nitrogens is 3. The van der Waals surface area contributed by atoms with Crippen LogP contribution >= 0.6 is 0 Å². The number of nitrogens with two attached hydrogens (primary N) is 1. The first kappa shape index (κ1) is 15.6. The number of pyridine rings is 1. The van der Waals surface area contributed by atoms with Crippen molar-refractivity contribution < 1.29 is 9.13 Å². The molecule has 0 fully saturated rings. The lowest BCUT2D eigenvalue weighted by Crippen LogP contribution is -2.13. The molecule has 120 valence electrons. The lowest BCUT2D eigenvalue weighted by molar-refractivity contribution is 0.134. The van der Waals surface area contributed by atoms with Crippen molar-refractivity contribution in [1.29, 1.82) is 0 Å². The molecule has 2 aromatic heterocycles. The van der Waals surface area contributed by atoms with Crippen molar-refractivity contribution in [3.63, 3.8) is 0 Å². The number of halogens is 1. The third-order valence-corrected chi connectivity index (χ3v) is 3.55. The predicted octanol–water partition coefficient (Wildman–Crippen LogP) is 2.52. The van der Waals surface area contributed by atoms with Gasteiger partial charge < -0.3 is 15.0 Å². The van der Waals surface area contributed by atoms with E-state index in [-0.39, 0.29) is 5.82 Å². The molecule has 0 atom stereocenters. The van der Waals surface area contributed by atoms with Crippen molar-refractivity contribution in [3.05, 3.63) is 47.9 Å². The highest BCUT2D eigenvalue weighted by molar-refractivity contribution is 5.77. The summed E-state index contributed by atoms with van der Waals surface area (Å²) in [6, 6.07) is 8.30. The van der Waals surface area contributed by atoms with Crippen LogP contribution in [0, 0.1) is 12.7 Å². The third kappa shape index (κ3) is 3.38. The van der Waals surface area contributed by atoms with Crippen LogP contribution in [0.4, 0.5) is 4.39 Å². The normalized spacial score (nSPS) is 11.3. The van der Waals surface area contributed by atoms with Crippen LogP contribution in [-0.2, 0) is 11.3 Å². The van der Waals surface area contributed by atoms with Gasteiger partial charge in [-0.25, -0.2) is 14.4 Å². The molecule has 0 bridgehead atoms. The Morgan fingerprint density at radius 2 is 2.00 bits per heavy atom. The van der Waals surface area contributed by atoms with E-state index < -0.39 is 0 Å². The number of rotatable bonds is 6. The van der Waals surface area contributed by atoms with Crippen molar-refractivity contribution in [1.82, 2.24) is 14.5 Å². The summed E-state index contributed by atoms with van der Waals surface area (Å²) in [6.07, 6.45) is 1.82. The summed E-state index contributed by atoms with van der Waals surface area (Å²) in [6.45, 7) is 4.12. The molecule has 0 radical (unpaired) electrons. The molecule has 1 aromatic carbocycles. The van der Waals surface area contributed by atoms with Crippen molar-refractivity contribution in [2.75, 3.05) is 19.8 Å². The van der Waals surface area contributed by atoms with Crippen LogP contribution in [0.3, 0.4) is 0 Å². The Kier molecular flexibility index (Phi) is 4.64. The molecule has 0 amide bonds. The second-order valence-electron chi connectivity index (χ2n) is 5.35. The Hall–Kier alpha value is -2.31. The van der Waals surface area contributed by atoms with Gasteiger partial charge >= 0.3 is 0 Å². The molecule has 2 N–H and O–H groups in total. The van der Waals surface area contributed by atoms with Gasteiger partial charge in [0.15, 0.2) is 5.65 Å². The zero-order valence-corrected chi connectivity index (χ0v) is 13.0. The maximum absolute atomic E-state index is 13.2. The van der Waals surface area contributed by atoms with Gasteiger partial charge in [0.2, 0.25) is 0 Å². The molecule has 0 aliphatic carbocycles. The average Bonchev–Trinajstić information content (AvgIpc) is 2.90. The Bertz CT molecular complexity index is 798. The van der Waals surface area contributed by atoms with Gasteiger partial charge in [0.1, 0.15) is 17.2 Å². The van der Waals surface area contributed by atoms with E-state index in [0.717, 1.165) is 28.1 Å². The zero-order valence-electron chi connectivity index (χ0n) is 13.0. The maximum atomic E-state index is 13.2. The minimum atomic E-state index is -0.267. The molecule has 0 unspecified atom stereocenters. The molecule has 3 rings (SSSR count). The molecule has 2 heterocycles. The summed E-state index contributed by atoms with van der Waals surface area (Å²) in [5, 5.41) is 0. The van der Waals surface area contributed by atoms with Gasteiger partial charge in [-0.2, -0.15) is 0 Å². The standard InChI is InChI=1S/C17H19FN4O/c1-12-10-15-17(20-11-12)22(7-9-23-8-6-19)16(21-15)13-2-4-14(18)5-3-13/h2-5,10-11H,6-9,19H2,1H3. The van der Waals surface area contributed by atoms with Gasteiger partial charge in [-0.05, 0) is 42.8 Å². The first-order chi connectivity index (χ1) is 11.2. The topological polar surface area (TPSA) is 66.0 Å². The quantitative estimate of drug-likeness (QED) is 0.710. The fourth-order valence-corrected chi connectivity index (χ4v) is 2.48. The van der Waals surface area contributed by atoms with E-state index in [1.165, 1.54) is 12.1 Å². The van der Waals surface area contributed by atoms with Gasteiger partial charge in [0.05, 0.1) is 13.2 Å². The van der Waals surface area contributed by atoms with Gasteiger partial charge in [-0.15, -0.1) is 0 Å². The summed E-state index contributed by atoms with van der Waals surface area (Å²) >= 11 is 0. The number of imidazole rings is 1. The monoisotopic (exact) mass is 314 g/mol. The van der Waals surface area contributed by atoms with Crippen LogP contribution in [0.15, 0.2) is 36.5 Å². The molecule has 0 saturated heterocycles. The van der Waals surface area contributed by atoms with E-state index in [2.05, 4.69) is 9.97 Å². The number of aryl methyl sites for hydroxylation is 1. The van der Waals surface area contributed by atoms with Gasteiger partial charge in [-0.3, -0.25) is 0 Å². The molecule has 23 heavy (non-hydrogen) atoms. The predicted molar refractivity (Wildman–Crippen MR) is 87.5 cm³/mol. The summed E-state index contributed by atoms with van der Waals surface area (Å²) in [5.74, 6) is 0.492. The number of benzene rings is 1. The summed E-state index contributed by atoms with van der Waals surface area (Å²) in [7, 11) is 0. The van der Waals surface area contributed by atoms with Gasteiger partial charge in [0, 0.05) is 24.8 Å². The number of fused-ring (bicyclic) bond motifs is 1. The molecule has 0 spiro atoms. The van der Waals surface area contributed by atoms with Gasteiger partial charge in [0.25, 0.3) is 0 Å². The smallest absolute Gasteiger partial charge is 0.160 e. The van der Waals surface area contributed by atoms with E-state index in [9.17, 15) is 4.39 Å². The zero-order chi connectivity index (χ0) is 16.2. The molecule has 5 nitrogen and oxygen atoms in total. The van der Waals surface area contributed by atoms with E-state index >= 15 is 0 Å². The summed E-state index contributed by atoms with van der Waals surface area (Å²) < 4.78 is 20.7. The highest BCUT2D eigenvalue weighted by Gasteiger charge is 2.14. The highest BCUT2D eigenvalue weighted by Crippen LogP contribution is 2.24. The van der Waals surface area contributed by atoms with E-state index in [1.807, 2.05) is 23.8 Å². The van der Waals surface area contributed by atoms with Crippen molar-refractivity contribution in [2.45, 2.75) is 13.5 Å². The number of ether oxygens (including phenoxy) is 1. The Balaban J connectivity index is 2.02. The Morgan fingerprint density at radius 1 is 1.22 bits per heavy atom.